The molecular weight excluding hydrogens is 276 g/mol. The molecule has 1 N–H and O–H groups in total. The highest BCUT2D eigenvalue weighted by molar-refractivity contribution is 6.30. The van der Waals surface area contributed by atoms with Crippen molar-refractivity contribution in [3.8, 4) is 11.5 Å². The van der Waals surface area contributed by atoms with Crippen molar-refractivity contribution in [1.82, 2.24) is 15.0 Å². The molecule has 0 bridgehead atoms. The summed E-state index contributed by atoms with van der Waals surface area (Å²) in [5, 5.41) is 3.95. The van der Waals surface area contributed by atoms with Gasteiger partial charge >= 0.3 is 0 Å². The van der Waals surface area contributed by atoms with E-state index in [2.05, 4.69) is 20.3 Å². The standard InChI is InChI=1S/C14H11ClN4O/c15-11-3-1-10(2-4-11)6-17-14-5-12(18-8-19-14)13-7-16-9-20-13/h1-5,7-9H,6H2,(H,17,18,19). The van der Waals surface area contributed by atoms with Gasteiger partial charge < -0.3 is 9.73 Å². The second kappa shape index (κ2) is 5.71. The lowest BCUT2D eigenvalue weighted by atomic mass is 10.2. The number of hydrogen-bond acceptors (Lipinski definition) is 5. The van der Waals surface area contributed by atoms with Crippen LogP contribution in [0.2, 0.25) is 5.02 Å². The van der Waals surface area contributed by atoms with E-state index in [1.165, 1.54) is 12.7 Å². The minimum atomic E-state index is 0.613. The van der Waals surface area contributed by atoms with Gasteiger partial charge in [0.2, 0.25) is 0 Å². The number of hydrogen-bond donors (Lipinski definition) is 1. The fourth-order valence-electron chi connectivity index (χ4n) is 1.73. The van der Waals surface area contributed by atoms with Crippen LogP contribution in [0.25, 0.3) is 11.5 Å². The summed E-state index contributed by atoms with van der Waals surface area (Å²) in [6.07, 6.45) is 4.48. The predicted octanol–water partition coefficient (Wildman–Crippen LogP) is 3.40. The number of benzene rings is 1. The highest BCUT2D eigenvalue weighted by Crippen LogP contribution is 2.18. The first-order valence-electron chi connectivity index (χ1n) is 6.00. The number of nitrogens with zero attached hydrogens (tertiary/aromatic N) is 3. The quantitative estimate of drug-likeness (QED) is 0.796. The average molecular weight is 287 g/mol. The van der Waals surface area contributed by atoms with Crippen molar-refractivity contribution in [2.24, 2.45) is 0 Å². The van der Waals surface area contributed by atoms with Crippen LogP contribution < -0.4 is 5.32 Å². The van der Waals surface area contributed by atoms with E-state index < -0.39 is 0 Å². The SMILES string of the molecule is Clc1ccc(CNc2cc(-c3cnco3)ncn2)cc1. The Morgan fingerprint density at radius 1 is 1.15 bits per heavy atom. The monoisotopic (exact) mass is 286 g/mol. The summed E-state index contributed by atoms with van der Waals surface area (Å²) >= 11 is 5.85. The van der Waals surface area contributed by atoms with Gasteiger partial charge in [-0.15, -0.1) is 0 Å². The van der Waals surface area contributed by atoms with Crippen molar-refractivity contribution in [2.75, 3.05) is 5.32 Å². The molecular formula is C14H11ClN4O. The lowest BCUT2D eigenvalue weighted by Gasteiger charge is -2.06. The third-order valence-electron chi connectivity index (χ3n) is 2.74. The molecule has 2 heterocycles. The van der Waals surface area contributed by atoms with Gasteiger partial charge in [0, 0.05) is 17.6 Å². The highest BCUT2D eigenvalue weighted by Gasteiger charge is 2.04. The summed E-state index contributed by atoms with van der Waals surface area (Å²) in [4.78, 5) is 12.2. The van der Waals surface area contributed by atoms with Gasteiger partial charge in [-0.1, -0.05) is 23.7 Å². The number of nitrogens with one attached hydrogen (secondary N) is 1. The molecule has 0 amide bonds. The molecule has 2 aromatic heterocycles. The summed E-state index contributed by atoms with van der Waals surface area (Å²) in [5.74, 6) is 1.34. The lowest BCUT2D eigenvalue weighted by Crippen LogP contribution is -2.01. The molecule has 0 fully saturated rings. The molecule has 5 nitrogen and oxygen atoms in total. The molecule has 100 valence electrons. The molecule has 0 spiro atoms. The molecule has 0 atom stereocenters. The van der Waals surface area contributed by atoms with E-state index >= 15 is 0 Å². The number of anilines is 1. The summed E-state index contributed by atoms with van der Waals surface area (Å²) in [5.41, 5.74) is 1.81. The molecule has 0 aliphatic carbocycles. The van der Waals surface area contributed by atoms with Gasteiger partial charge in [-0.2, -0.15) is 0 Å². The van der Waals surface area contributed by atoms with E-state index in [9.17, 15) is 0 Å². The third kappa shape index (κ3) is 2.95. The Morgan fingerprint density at radius 3 is 2.75 bits per heavy atom. The molecule has 0 unspecified atom stereocenters. The molecule has 0 saturated heterocycles. The Labute approximate surface area is 120 Å². The maximum atomic E-state index is 5.85. The molecule has 0 aliphatic heterocycles. The van der Waals surface area contributed by atoms with E-state index in [0.29, 0.717) is 18.0 Å². The Balaban J connectivity index is 1.72. The molecule has 3 aromatic rings. The van der Waals surface area contributed by atoms with Crippen molar-refractivity contribution >= 4 is 17.4 Å². The lowest BCUT2D eigenvalue weighted by molar-refractivity contribution is 0.569. The second-order valence-corrected chi connectivity index (χ2v) is 4.57. The summed E-state index contributed by atoms with van der Waals surface area (Å²) in [6, 6.07) is 9.47. The van der Waals surface area contributed by atoms with Crippen LogP contribution in [0.15, 0.2) is 53.7 Å². The number of oxazole rings is 1. The molecule has 0 saturated carbocycles. The predicted molar refractivity (Wildman–Crippen MR) is 76.3 cm³/mol. The molecule has 1 aromatic carbocycles. The van der Waals surface area contributed by atoms with Gasteiger partial charge in [0.15, 0.2) is 12.2 Å². The van der Waals surface area contributed by atoms with Gasteiger partial charge in [-0.3, -0.25) is 0 Å². The minimum Gasteiger partial charge on any atom is -0.442 e. The van der Waals surface area contributed by atoms with Crippen molar-refractivity contribution in [2.45, 2.75) is 6.54 Å². The summed E-state index contributed by atoms with van der Waals surface area (Å²) < 4.78 is 5.21. The second-order valence-electron chi connectivity index (χ2n) is 4.13. The normalized spacial score (nSPS) is 10.4. The Hall–Kier alpha value is -2.40. The first-order chi connectivity index (χ1) is 9.81. The average Bonchev–Trinajstić information content (AvgIpc) is 3.01. The van der Waals surface area contributed by atoms with Crippen LogP contribution in [-0.2, 0) is 6.54 Å². The van der Waals surface area contributed by atoms with Crippen LogP contribution >= 0.6 is 11.6 Å². The van der Waals surface area contributed by atoms with E-state index in [4.69, 9.17) is 16.0 Å². The molecule has 0 radical (unpaired) electrons. The fraction of sp³-hybridized carbons (Fsp3) is 0.0714. The topological polar surface area (TPSA) is 63.8 Å². The number of aromatic nitrogens is 3. The van der Waals surface area contributed by atoms with E-state index in [0.717, 1.165) is 16.4 Å². The van der Waals surface area contributed by atoms with Crippen LogP contribution in [0, 0.1) is 0 Å². The van der Waals surface area contributed by atoms with Crippen molar-refractivity contribution in [3.63, 3.8) is 0 Å². The Morgan fingerprint density at radius 2 is 2.00 bits per heavy atom. The van der Waals surface area contributed by atoms with Crippen LogP contribution in [0.1, 0.15) is 5.56 Å². The number of halogens is 1. The van der Waals surface area contributed by atoms with Gasteiger partial charge in [-0.05, 0) is 17.7 Å². The zero-order valence-corrected chi connectivity index (χ0v) is 11.2. The van der Waals surface area contributed by atoms with E-state index in [1.807, 2.05) is 30.3 Å². The zero-order chi connectivity index (χ0) is 13.8. The minimum absolute atomic E-state index is 0.613. The summed E-state index contributed by atoms with van der Waals surface area (Å²) in [6.45, 7) is 0.657. The fourth-order valence-corrected chi connectivity index (χ4v) is 1.85. The van der Waals surface area contributed by atoms with Crippen LogP contribution in [0.5, 0.6) is 0 Å². The van der Waals surface area contributed by atoms with Gasteiger partial charge in [-0.25, -0.2) is 15.0 Å². The molecule has 3 rings (SSSR count). The maximum absolute atomic E-state index is 5.85. The van der Waals surface area contributed by atoms with Gasteiger partial charge in [0.25, 0.3) is 0 Å². The maximum Gasteiger partial charge on any atom is 0.181 e. The Bertz CT molecular complexity index is 683. The highest BCUT2D eigenvalue weighted by atomic mass is 35.5. The van der Waals surface area contributed by atoms with Crippen molar-refractivity contribution in [3.05, 3.63) is 59.8 Å². The zero-order valence-electron chi connectivity index (χ0n) is 10.5. The van der Waals surface area contributed by atoms with Crippen molar-refractivity contribution in [1.29, 1.82) is 0 Å². The smallest absolute Gasteiger partial charge is 0.181 e. The van der Waals surface area contributed by atoms with Gasteiger partial charge in [0.05, 0.1) is 6.20 Å². The van der Waals surface area contributed by atoms with Gasteiger partial charge in [0.1, 0.15) is 17.8 Å². The largest absolute Gasteiger partial charge is 0.442 e. The summed E-state index contributed by atoms with van der Waals surface area (Å²) in [7, 11) is 0. The third-order valence-corrected chi connectivity index (χ3v) is 2.99. The van der Waals surface area contributed by atoms with Crippen LogP contribution in [0.4, 0.5) is 5.82 Å². The van der Waals surface area contributed by atoms with E-state index in [-0.39, 0.29) is 0 Å². The molecule has 0 aliphatic rings. The van der Waals surface area contributed by atoms with Crippen molar-refractivity contribution < 1.29 is 4.42 Å². The Kier molecular flexibility index (Phi) is 3.60. The first-order valence-corrected chi connectivity index (χ1v) is 6.38. The first kappa shape index (κ1) is 12.6. The van der Waals surface area contributed by atoms with E-state index in [1.54, 1.807) is 6.20 Å². The molecule has 6 heteroatoms. The number of rotatable bonds is 4. The molecule has 20 heavy (non-hydrogen) atoms. The van der Waals surface area contributed by atoms with Crippen LogP contribution in [0.3, 0.4) is 0 Å². The van der Waals surface area contributed by atoms with Crippen LogP contribution in [-0.4, -0.2) is 15.0 Å².